The second-order valence-electron chi connectivity index (χ2n) is 4.82. The van der Waals surface area contributed by atoms with Crippen molar-refractivity contribution in [2.45, 2.75) is 39.3 Å². The van der Waals surface area contributed by atoms with Gasteiger partial charge < -0.3 is 14.7 Å². The van der Waals surface area contributed by atoms with E-state index < -0.39 is 23.6 Å². The number of nitrogens with zero attached hydrogens (tertiary/aromatic N) is 1. The number of hydrogen-bond acceptors (Lipinski definition) is 3. The van der Waals surface area contributed by atoms with Crippen molar-refractivity contribution in [3.8, 4) is 0 Å². The van der Waals surface area contributed by atoms with E-state index in [9.17, 15) is 9.59 Å². The van der Waals surface area contributed by atoms with E-state index in [4.69, 9.17) is 9.84 Å². The molecule has 0 saturated carbocycles. The Kier molecular flexibility index (Phi) is 2.93. The molecule has 1 amide bonds. The van der Waals surface area contributed by atoms with Crippen molar-refractivity contribution in [1.29, 1.82) is 0 Å². The van der Waals surface area contributed by atoms with Gasteiger partial charge >= 0.3 is 12.1 Å². The monoisotopic (exact) mass is 215 g/mol. The molecule has 0 aromatic rings. The normalized spacial score (nSPS) is 25.7. The van der Waals surface area contributed by atoms with Crippen molar-refractivity contribution < 1.29 is 19.4 Å². The quantitative estimate of drug-likeness (QED) is 0.716. The maximum absolute atomic E-state index is 11.5. The molecule has 0 unspecified atom stereocenters. The van der Waals surface area contributed by atoms with Gasteiger partial charge in [0.2, 0.25) is 0 Å². The van der Waals surface area contributed by atoms with E-state index in [1.54, 1.807) is 27.7 Å². The van der Waals surface area contributed by atoms with Crippen LogP contribution in [0.5, 0.6) is 0 Å². The third-order valence-corrected chi connectivity index (χ3v) is 2.41. The summed E-state index contributed by atoms with van der Waals surface area (Å²) in [6, 6.07) is -0.280. The molecule has 1 fully saturated rings. The Balaban J connectivity index is 2.49. The first-order valence-electron chi connectivity index (χ1n) is 4.95. The largest absolute Gasteiger partial charge is 0.481 e. The van der Waals surface area contributed by atoms with E-state index >= 15 is 0 Å². The van der Waals surface area contributed by atoms with Crippen LogP contribution < -0.4 is 0 Å². The molecule has 0 spiro atoms. The second kappa shape index (κ2) is 3.72. The Morgan fingerprint density at radius 2 is 1.93 bits per heavy atom. The summed E-state index contributed by atoms with van der Waals surface area (Å²) in [5.41, 5.74) is -0.537. The summed E-state index contributed by atoms with van der Waals surface area (Å²) in [6.07, 6.45) is -0.438. The predicted molar refractivity (Wildman–Crippen MR) is 53.5 cm³/mol. The zero-order chi connectivity index (χ0) is 11.8. The van der Waals surface area contributed by atoms with Crippen LogP contribution in [0.1, 0.15) is 27.7 Å². The van der Waals surface area contributed by atoms with Crippen molar-refractivity contribution in [2.75, 3.05) is 6.54 Å². The molecule has 5 nitrogen and oxygen atoms in total. The van der Waals surface area contributed by atoms with Crippen LogP contribution in [-0.2, 0) is 9.53 Å². The van der Waals surface area contributed by atoms with E-state index in [-0.39, 0.29) is 12.6 Å². The lowest BCUT2D eigenvalue weighted by atomic mass is 9.91. The first-order valence-corrected chi connectivity index (χ1v) is 4.95. The summed E-state index contributed by atoms with van der Waals surface area (Å²) < 4.78 is 5.13. The molecule has 0 aromatic carbocycles. The van der Waals surface area contributed by atoms with Crippen LogP contribution in [-0.4, -0.2) is 40.3 Å². The average molecular weight is 215 g/mol. The number of aliphatic carboxylic acids is 1. The molecule has 1 aliphatic heterocycles. The first-order chi connectivity index (χ1) is 6.72. The molecule has 1 saturated heterocycles. The molecular formula is C10H17NO4. The maximum Gasteiger partial charge on any atom is 0.410 e. The van der Waals surface area contributed by atoms with Gasteiger partial charge in [-0.3, -0.25) is 4.79 Å². The van der Waals surface area contributed by atoms with Crippen LogP contribution in [0.2, 0.25) is 0 Å². The van der Waals surface area contributed by atoms with Crippen molar-refractivity contribution >= 4 is 12.1 Å². The summed E-state index contributed by atoms with van der Waals surface area (Å²) in [5, 5.41) is 8.76. The van der Waals surface area contributed by atoms with Crippen LogP contribution in [0.25, 0.3) is 0 Å². The van der Waals surface area contributed by atoms with Crippen LogP contribution in [0.15, 0.2) is 0 Å². The minimum Gasteiger partial charge on any atom is -0.481 e. The number of hydrogen-bond donors (Lipinski definition) is 1. The van der Waals surface area contributed by atoms with Gasteiger partial charge in [0, 0.05) is 12.6 Å². The first kappa shape index (κ1) is 11.8. The minimum absolute atomic E-state index is 0.241. The van der Waals surface area contributed by atoms with Gasteiger partial charge in [-0.1, -0.05) is 0 Å². The lowest BCUT2D eigenvalue weighted by Crippen LogP contribution is -2.60. The zero-order valence-electron chi connectivity index (χ0n) is 9.48. The summed E-state index contributed by atoms with van der Waals surface area (Å²) in [5.74, 6) is -1.32. The van der Waals surface area contributed by atoms with Gasteiger partial charge in [-0.25, -0.2) is 4.79 Å². The Labute approximate surface area is 89.0 Å². The molecule has 1 rings (SSSR count). The van der Waals surface area contributed by atoms with Gasteiger partial charge in [-0.2, -0.15) is 0 Å². The number of carboxylic acids is 1. The standard InChI is InChI=1S/C10H17NO4/c1-6-7(8(12)13)5-11(6)9(14)15-10(2,3)4/h6-7H,5H2,1-4H3,(H,12,13)/t6-,7+/m1/s1. The second-order valence-corrected chi connectivity index (χ2v) is 4.82. The zero-order valence-corrected chi connectivity index (χ0v) is 9.48. The third kappa shape index (κ3) is 2.61. The maximum atomic E-state index is 11.5. The van der Waals surface area contributed by atoms with Crippen molar-refractivity contribution in [3.63, 3.8) is 0 Å². The number of rotatable bonds is 1. The fourth-order valence-corrected chi connectivity index (χ4v) is 1.46. The van der Waals surface area contributed by atoms with E-state index in [1.165, 1.54) is 4.90 Å². The van der Waals surface area contributed by atoms with Crippen LogP contribution in [0.4, 0.5) is 4.79 Å². The number of ether oxygens (including phenoxy) is 1. The summed E-state index contributed by atoms with van der Waals surface area (Å²) >= 11 is 0. The molecule has 0 radical (unpaired) electrons. The highest BCUT2D eigenvalue weighted by Gasteiger charge is 2.44. The number of amides is 1. The summed E-state index contributed by atoms with van der Waals surface area (Å²) in [6.45, 7) is 7.30. The van der Waals surface area contributed by atoms with Crippen molar-refractivity contribution in [1.82, 2.24) is 4.90 Å². The molecule has 1 N–H and O–H groups in total. The highest BCUT2D eigenvalue weighted by Crippen LogP contribution is 2.26. The highest BCUT2D eigenvalue weighted by atomic mass is 16.6. The van der Waals surface area contributed by atoms with Gasteiger partial charge in [0.05, 0.1) is 5.92 Å². The third-order valence-electron chi connectivity index (χ3n) is 2.41. The Bertz CT molecular complexity index is 282. The SMILES string of the molecule is C[C@@H]1[C@@H](C(=O)O)CN1C(=O)OC(C)(C)C. The molecule has 2 atom stereocenters. The molecule has 86 valence electrons. The van der Waals surface area contributed by atoms with Crippen molar-refractivity contribution in [3.05, 3.63) is 0 Å². The van der Waals surface area contributed by atoms with Gasteiger partial charge in [0.1, 0.15) is 5.60 Å². The number of carbonyl (C=O) groups is 2. The molecule has 5 heteroatoms. The van der Waals surface area contributed by atoms with Crippen molar-refractivity contribution in [2.24, 2.45) is 5.92 Å². The van der Waals surface area contributed by atoms with Crippen LogP contribution >= 0.6 is 0 Å². The van der Waals surface area contributed by atoms with Gasteiger partial charge in [0.25, 0.3) is 0 Å². The number of carboxylic acid groups (broad SMARTS) is 1. The van der Waals surface area contributed by atoms with Gasteiger partial charge in [-0.15, -0.1) is 0 Å². The molecule has 0 aliphatic carbocycles. The Morgan fingerprint density at radius 1 is 1.40 bits per heavy atom. The fraction of sp³-hybridized carbons (Fsp3) is 0.800. The fourth-order valence-electron chi connectivity index (χ4n) is 1.46. The average Bonchev–Trinajstić information content (AvgIpc) is 1.97. The van der Waals surface area contributed by atoms with E-state index in [2.05, 4.69) is 0 Å². The molecule has 1 heterocycles. The van der Waals surface area contributed by atoms with E-state index in [0.717, 1.165) is 0 Å². The lowest BCUT2D eigenvalue weighted by Gasteiger charge is -2.43. The number of carbonyl (C=O) groups excluding carboxylic acids is 1. The summed E-state index contributed by atoms with van der Waals surface area (Å²) in [7, 11) is 0. The molecule has 0 bridgehead atoms. The van der Waals surface area contributed by atoms with Gasteiger partial charge in [0.15, 0.2) is 0 Å². The number of likely N-dealkylation sites (tertiary alicyclic amines) is 1. The van der Waals surface area contributed by atoms with E-state index in [0.29, 0.717) is 0 Å². The smallest absolute Gasteiger partial charge is 0.410 e. The topological polar surface area (TPSA) is 66.8 Å². The predicted octanol–water partition coefficient (Wildman–Crippen LogP) is 1.33. The van der Waals surface area contributed by atoms with Crippen LogP contribution in [0, 0.1) is 5.92 Å². The Hall–Kier alpha value is -1.26. The molecule has 1 aliphatic rings. The summed E-state index contributed by atoms with van der Waals surface area (Å²) in [4.78, 5) is 23.6. The lowest BCUT2D eigenvalue weighted by molar-refractivity contribution is -0.150. The molecule has 15 heavy (non-hydrogen) atoms. The van der Waals surface area contributed by atoms with Crippen LogP contribution in [0.3, 0.4) is 0 Å². The van der Waals surface area contributed by atoms with Gasteiger partial charge in [-0.05, 0) is 27.7 Å². The minimum atomic E-state index is -0.859. The molecular weight excluding hydrogens is 198 g/mol. The molecule has 0 aromatic heterocycles. The Morgan fingerprint density at radius 3 is 2.27 bits per heavy atom. The highest BCUT2D eigenvalue weighted by molar-refractivity contribution is 5.77. The van der Waals surface area contributed by atoms with E-state index in [1.807, 2.05) is 0 Å².